The van der Waals surface area contributed by atoms with Crippen molar-refractivity contribution in [3.05, 3.63) is 40.2 Å². The number of nitrogens with one attached hydrogen (secondary N) is 2. The largest absolute Gasteiger partial charge is 0.347 e. The van der Waals surface area contributed by atoms with Gasteiger partial charge < -0.3 is 14.9 Å². The third kappa shape index (κ3) is 2.62. The second kappa shape index (κ2) is 4.81. The molecule has 0 fully saturated rings. The number of amides is 1. The van der Waals surface area contributed by atoms with E-state index in [4.69, 9.17) is 23.2 Å². The van der Waals surface area contributed by atoms with Gasteiger partial charge in [-0.05, 0) is 6.07 Å². The number of halogens is 2. The van der Waals surface area contributed by atoms with Crippen molar-refractivity contribution in [3.8, 4) is 0 Å². The third-order valence-corrected chi connectivity index (χ3v) is 2.94. The van der Waals surface area contributed by atoms with Crippen molar-refractivity contribution in [2.24, 2.45) is 0 Å². The second-order valence-electron chi connectivity index (χ2n) is 3.54. The van der Waals surface area contributed by atoms with E-state index in [2.05, 4.69) is 15.0 Å². The SMILES string of the molecule is CN(Cc1ncc[nH]1)C(=O)c1cc(Cl)c(Cl)[nH]1. The zero-order valence-corrected chi connectivity index (χ0v) is 10.5. The van der Waals surface area contributed by atoms with Gasteiger partial charge in [0.2, 0.25) is 0 Å². The molecule has 0 aliphatic rings. The van der Waals surface area contributed by atoms with Crippen LogP contribution >= 0.6 is 23.2 Å². The standard InChI is InChI=1S/C10H10Cl2N4O/c1-16(5-8-13-2-3-14-8)10(17)7-4-6(11)9(12)15-7/h2-4,15H,5H2,1H3,(H,13,14). The van der Waals surface area contributed by atoms with Crippen LogP contribution in [0.4, 0.5) is 0 Å². The number of carbonyl (C=O) groups excluding carboxylic acids is 1. The fourth-order valence-electron chi connectivity index (χ4n) is 1.41. The number of imidazole rings is 1. The maximum Gasteiger partial charge on any atom is 0.270 e. The Morgan fingerprint density at radius 3 is 2.82 bits per heavy atom. The van der Waals surface area contributed by atoms with E-state index < -0.39 is 0 Å². The zero-order chi connectivity index (χ0) is 12.4. The van der Waals surface area contributed by atoms with E-state index in [1.807, 2.05) is 0 Å². The lowest BCUT2D eigenvalue weighted by Crippen LogP contribution is -2.26. The fraction of sp³-hybridized carbons (Fsp3) is 0.200. The average Bonchev–Trinajstić information content (AvgIpc) is 2.89. The van der Waals surface area contributed by atoms with Gasteiger partial charge in [-0.1, -0.05) is 23.2 Å². The van der Waals surface area contributed by atoms with Crippen LogP contribution in [0, 0.1) is 0 Å². The Bertz CT molecular complexity index is 501. The summed E-state index contributed by atoms with van der Waals surface area (Å²) in [6.07, 6.45) is 3.34. The van der Waals surface area contributed by atoms with Gasteiger partial charge in [0.1, 0.15) is 16.7 Å². The summed E-state index contributed by atoms with van der Waals surface area (Å²) in [6, 6.07) is 1.50. The summed E-state index contributed by atoms with van der Waals surface area (Å²) in [7, 11) is 1.67. The van der Waals surface area contributed by atoms with Crippen molar-refractivity contribution < 1.29 is 4.79 Å². The summed E-state index contributed by atoms with van der Waals surface area (Å²) >= 11 is 11.5. The molecule has 5 nitrogen and oxygen atoms in total. The molecule has 2 aromatic rings. The van der Waals surface area contributed by atoms with Crippen LogP contribution in [-0.2, 0) is 6.54 Å². The van der Waals surface area contributed by atoms with Crippen LogP contribution in [0.1, 0.15) is 16.3 Å². The fourth-order valence-corrected chi connectivity index (χ4v) is 1.72. The number of hydrogen-bond donors (Lipinski definition) is 2. The molecule has 0 aliphatic heterocycles. The predicted molar refractivity (Wildman–Crippen MR) is 65.2 cm³/mol. The Balaban J connectivity index is 2.09. The van der Waals surface area contributed by atoms with Crippen LogP contribution in [0.3, 0.4) is 0 Å². The Morgan fingerprint density at radius 1 is 1.53 bits per heavy atom. The number of aromatic amines is 2. The molecule has 0 aromatic carbocycles. The number of hydrogen-bond acceptors (Lipinski definition) is 2. The quantitative estimate of drug-likeness (QED) is 0.901. The van der Waals surface area contributed by atoms with Crippen LogP contribution in [0.15, 0.2) is 18.5 Å². The molecule has 2 rings (SSSR count). The van der Waals surface area contributed by atoms with Crippen LogP contribution < -0.4 is 0 Å². The Labute approximate surface area is 108 Å². The monoisotopic (exact) mass is 272 g/mol. The molecular weight excluding hydrogens is 263 g/mol. The highest BCUT2D eigenvalue weighted by Crippen LogP contribution is 2.22. The number of nitrogens with zero attached hydrogens (tertiary/aromatic N) is 2. The zero-order valence-electron chi connectivity index (χ0n) is 9.00. The minimum atomic E-state index is -0.199. The minimum Gasteiger partial charge on any atom is -0.347 e. The molecular formula is C10H10Cl2N4O. The molecule has 7 heteroatoms. The molecule has 1 amide bonds. The maximum atomic E-state index is 12.0. The topological polar surface area (TPSA) is 64.8 Å². The summed E-state index contributed by atoms with van der Waals surface area (Å²) in [5.41, 5.74) is 0.356. The van der Waals surface area contributed by atoms with Gasteiger partial charge in [-0.3, -0.25) is 4.79 Å². The Hall–Kier alpha value is -1.46. The molecule has 90 valence electrons. The smallest absolute Gasteiger partial charge is 0.270 e. The van der Waals surface area contributed by atoms with Crippen molar-refractivity contribution in [3.63, 3.8) is 0 Å². The first kappa shape index (κ1) is 12.0. The number of aromatic nitrogens is 3. The number of H-pyrrole nitrogens is 2. The lowest BCUT2D eigenvalue weighted by Gasteiger charge is -2.14. The van der Waals surface area contributed by atoms with Gasteiger partial charge in [-0.15, -0.1) is 0 Å². The molecule has 0 radical (unpaired) electrons. The van der Waals surface area contributed by atoms with E-state index in [0.29, 0.717) is 23.1 Å². The predicted octanol–water partition coefficient (Wildman–Crippen LogP) is 2.32. The molecule has 0 saturated heterocycles. The first-order valence-corrected chi connectivity index (χ1v) is 5.61. The molecule has 17 heavy (non-hydrogen) atoms. The molecule has 0 atom stereocenters. The Kier molecular flexibility index (Phi) is 3.40. The van der Waals surface area contributed by atoms with Gasteiger partial charge in [-0.2, -0.15) is 0 Å². The van der Waals surface area contributed by atoms with Crippen molar-refractivity contribution >= 4 is 29.1 Å². The summed E-state index contributed by atoms with van der Waals surface area (Å²) in [6.45, 7) is 0.389. The van der Waals surface area contributed by atoms with Gasteiger partial charge in [-0.25, -0.2) is 4.98 Å². The van der Waals surface area contributed by atoms with Gasteiger partial charge in [0.25, 0.3) is 5.91 Å². The van der Waals surface area contributed by atoms with Crippen LogP contribution in [0.25, 0.3) is 0 Å². The van der Waals surface area contributed by atoms with Crippen molar-refractivity contribution in [1.82, 2.24) is 19.9 Å². The van der Waals surface area contributed by atoms with Gasteiger partial charge in [0, 0.05) is 19.4 Å². The maximum absolute atomic E-state index is 12.0. The van der Waals surface area contributed by atoms with Gasteiger partial charge in [0.05, 0.1) is 11.6 Å². The molecule has 0 bridgehead atoms. The van der Waals surface area contributed by atoms with E-state index in [1.54, 1.807) is 19.4 Å². The summed E-state index contributed by atoms with van der Waals surface area (Å²) in [5.74, 6) is 0.514. The normalized spacial score (nSPS) is 10.5. The highest BCUT2D eigenvalue weighted by Gasteiger charge is 2.16. The van der Waals surface area contributed by atoms with Crippen molar-refractivity contribution in [2.75, 3.05) is 7.05 Å². The highest BCUT2D eigenvalue weighted by atomic mass is 35.5. The van der Waals surface area contributed by atoms with Gasteiger partial charge in [0.15, 0.2) is 0 Å². The summed E-state index contributed by atoms with van der Waals surface area (Å²) in [5, 5.41) is 0.600. The highest BCUT2D eigenvalue weighted by molar-refractivity contribution is 6.41. The molecule has 2 heterocycles. The van der Waals surface area contributed by atoms with E-state index >= 15 is 0 Å². The number of carbonyl (C=O) groups is 1. The molecule has 0 aliphatic carbocycles. The Morgan fingerprint density at radius 2 is 2.29 bits per heavy atom. The van der Waals surface area contributed by atoms with E-state index in [1.165, 1.54) is 11.0 Å². The summed E-state index contributed by atoms with van der Waals surface area (Å²) < 4.78 is 0. The lowest BCUT2D eigenvalue weighted by molar-refractivity contribution is 0.0777. The summed E-state index contributed by atoms with van der Waals surface area (Å²) in [4.78, 5) is 23.2. The molecule has 2 aromatic heterocycles. The molecule has 0 spiro atoms. The molecule has 0 saturated carbocycles. The second-order valence-corrected chi connectivity index (χ2v) is 4.33. The third-order valence-electron chi connectivity index (χ3n) is 2.24. The van der Waals surface area contributed by atoms with E-state index in [0.717, 1.165) is 0 Å². The van der Waals surface area contributed by atoms with Crippen LogP contribution in [-0.4, -0.2) is 32.8 Å². The van der Waals surface area contributed by atoms with E-state index in [-0.39, 0.29) is 11.1 Å². The van der Waals surface area contributed by atoms with Crippen LogP contribution in [0.2, 0.25) is 10.2 Å². The first-order valence-electron chi connectivity index (χ1n) is 4.85. The van der Waals surface area contributed by atoms with Crippen molar-refractivity contribution in [2.45, 2.75) is 6.54 Å². The number of rotatable bonds is 3. The van der Waals surface area contributed by atoms with Crippen LogP contribution in [0.5, 0.6) is 0 Å². The van der Waals surface area contributed by atoms with Crippen molar-refractivity contribution in [1.29, 1.82) is 0 Å². The van der Waals surface area contributed by atoms with E-state index in [9.17, 15) is 4.79 Å². The molecule has 2 N–H and O–H groups in total. The first-order chi connectivity index (χ1) is 8.08. The molecule has 0 unspecified atom stereocenters. The lowest BCUT2D eigenvalue weighted by atomic mass is 10.3. The minimum absolute atomic E-state index is 0.199. The average molecular weight is 273 g/mol. The van der Waals surface area contributed by atoms with Gasteiger partial charge >= 0.3 is 0 Å².